The number of allylic oxidation sites excluding steroid dienone is 1. The molecular weight excluding hydrogens is 356 g/mol. The van der Waals surface area contributed by atoms with Gasteiger partial charge in [0.1, 0.15) is 0 Å². The molecule has 0 N–H and O–H groups in total. The molecule has 1 aromatic heterocycles. The topological polar surface area (TPSA) is 102 Å². The summed E-state index contributed by atoms with van der Waals surface area (Å²) >= 11 is 0. The summed E-state index contributed by atoms with van der Waals surface area (Å²) in [5, 5.41) is 24.2. The Kier molecular flexibility index (Phi) is 5.72. The second-order valence-electron chi connectivity index (χ2n) is 5.98. The summed E-state index contributed by atoms with van der Waals surface area (Å²) in [6, 6.07) is 17.2. The molecule has 28 heavy (non-hydrogen) atoms. The highest BCUT2D eigenvalue weighted by Crippen LogP contribution is 2.23. The lowest BCUT2D eigenvalue weighted by Crippen LogP contribution is -1.97. The Morgan fingerprint density at radius 3 is 2.71 bits per heavy atom. The van der Waals surface area contributed by atoms with Crippen molar-refractivity contribution in [1.82, 2.24) is 9.78 Å². The number of hydrogen-bond acceptors (Lipinski definition) is 5. The fourth-order valence-electron chi connectivity index (χ4n) is 2.69. The van der Waals surface area contributed by atoms with Crippen LogP contribution in [0.3, 0.4) is 0 Å². The number of nitriles is 1. The van der Waals surface area contributed by atoms with E-state index in [1.807, 2.05) is 30.3 Å². The summed E-state index contributed by atoms with van der Waals surface area (Å²) in [6.45, 7) is 0.447. The zero-order valence-electron chi connectivity index (χ0n) is 14.9. The molecular formula is C21H16N4O3. The first-order valence-electron chi connectivity index (χ1n) is 8.55. The molecule has 0 bridgehead atoms. The van der Waals surface area contributed by atoms with Gasteiger partial charge in [0, 0.05) is 35.0 Å². The number of hydrogen-bond donors (Lipinski definition) is 0. The second kappa shape index (κ2) is 8.56. The summed E-state index contributed by atoms with van der Waals surface area (Å²) in [4.78, 5) is 22.8. The van der Waals surface area contributed by atoms with Gasteiger partial charge in [-0.1, -0.05) is 42.5 Å². The van der Waals surface area contributed by atoms with E-state index >= 15 is 0 Å². The third-order valence-corrected chi connectivity index (χ3v) is 4.05. The maximum atomic E-state index is 12.4. The summed E-state index contributed by atoms with van der Waals surface area (Å²) in [5.74, 6) is -0.340. The third-order valence-electron chi connectivity index (χ3n) is 4.05. The highest BCUT2D eigenvalue weighted by atomic mass is 16.6. The molecule has 3 aromatic rings. The molecule has 0 spiro atoms. The average Bonchev–Trinajstić information content (AvgIpc) is 3.14. The first kappa shape index (κ1) is 18.7. The lowest BCUT2D eigenvalue weighted by atomic mass is 10.1. The Hall–Kier alpha value is -4.05. The molecule has 3 rings (SSSR count). The number of non-ortho nitro benzene ring substituents is 1. The van der Waals surface area contributed by atoms with Gasteiger partial charge in [0.05, 0.1) is 29.7 Å². The second-order valence-corrected chi connectivity index (χ2v) is 5.98. The number of ketones is 1. The van der Waals surface area contributed by atoms with Crippen LogP contribution < -0.4 is 0 Å². The maximum Gasteiger partial charge on any atom is 0.270 e. The van der Waals surface area contributed by atoms with Crippen LogP contribution in [0.2, 0.25) is 0 Å². The molecule has 0 aliphatic carbocycles. The van der Waals surface area contributed by atoms with Gasteiger partial charge in [0.2, 0.25) is 0 Å². The predicted molar refractivity (Wildman–Crippen MR) is 104 cm³/mol. The van der Waals surface area contributed by atoms with E-state index in [0.29, 0.717) is 18.7 Å². The minimum atomic E-state index is -0.534. The molecule has 0 saturated heterocycles. The molecule has 0 saturated carbocycles. The van der Waals surface area contributed by atoms with Crippen LogP contribution in [0.25, 0.3) is 17.3 Å². The number of nitro groups is 1. The Balaban J connectivity index is 1.91. The van der Waals surface area contributed by atoms with Gasteiger partial charge in [-0.15, -0.1) is 0 Å². The highest BCUT2D eigenvalue weighted by Gasteiger charge is 2.12. The quantitative estimate of drug-likeness (QED) is 0.267. The number of nitro benzene ring substituents is 1. The SMILES string of the molecule is N#CCCn1cc(/C=C/C(=O)c2cccc([N+](=O)[O-])c2)c(-c2ccccc2)n1. The Morgan fingerprint density at radius 2 is 2.00 bits per heavy atom. The number of carbonyl (C=O) groups is 1. The van der Waals surface area contributed by atoms with Gasteiger partial charge in [-0.05, 0) is 12.2 Å². The van der Waals surface area contributed by atoms with Crippen molar-refractivity contribution in [3.8, 4) is 17.3 Å². The van der Waals surface area contributed by atoms with Crippen LogP contribution in [-0.2, 0) is 6.54 Å². The minimum Gasteiger partial charge on any atom is -0.289 e. The Labute approximate surface area is 161 Å². The largest absolute Gasteiger partial charge is 0.289 e. The van der Waals surface area contributed by atoms with Crippen LogP contribution in [-0.4, -0.2) is 20.5 Å². The van der Waals surface area contributed by atoms with Crippen molar-refractivity contribution in [2.45, 2.75) is 13.0 Å². The number of carbonyl (C=O) groups excluding carboxylic acids is 1. The number of aryl methyl sites for hydroxylation is 1. The van der Waals surface area contributed by atoms with Crippen molar-refractivity contribution in [3.63, 3.8) is 0 Å². The predicted octanol–water partition coefficient (Wildman–Crippen LogP) is 4.27. The van der Waals surface area contributed by atoms with Crippen LogP contribution >= 0.6 is 0 Å². The van der Waals surface area contributed by atoms with Crippen LogP contribution in [0.15, 0.2) is 66.9 Å². The van der Waals surface area contributed by atoms with E-state index in [1.165, 1.54) is 30.3 Å². The first-order chi connectivity index (χ1) is 13.6. The van der Waals surface area contributed by atoms with E-state index in [4.69, 9.17) is 5.26 Å². The fourth-order valence-corrected chi connectivity index (χ4v) is 2.69. The minimum absolute atomic E-state index is 0.131. The summed E-state index contributed by atoms with van der Waals surface area (Å²) in [7, 11) is 0. The van der Waals surface area contributed by atoms with Gasteiger partial charge < -0.3 is 0 Å². The number of benzene rings is 2. The van der Waals surface area contributed by atoms with Crippen molar-refractivity contribution >= 4 is 17.5 Å². The normalized spacial score (nSPS) is 10.7. The zero-order valence-corrected chi connectivity index (χ0v) is 14.9. The summed E-state index contributed by atoms with van der Waals surface area (Å²) in [5.41, 5.74) is 2.42. The van der Waals surface area contributed by atoms with Crippen molar-refractivity contribution < 1.29 is 9.72 Å². The lowest BCUT2D eigenvalue weighted by Gasteiger charge is -1.99. The molecule has 7 heteroatoms. The molecule has 0 aliphatic rings. The monoisotopic (exact) mass is 372 g/mol. The summed E-state index contributed by atoms with van der Waals surface area (Å²) in [6.07, 6.45) is 5.11. The molecule has 0 amide bonds. The van der Waals surface area contributed by atoms with E-state index in [1.54, 1.807) is 17.0 Å². The van der Waals surface area contributed by atoms with E-state index < -0.39 is 4.92 Å². The number of aromatic nitrogens is 2. The van der Waals surface area contributed by atoms with Crippen molar-refractivity contribution in [3.05, 3.63) is 88.1 Å². The smallest absolute Gasteiger partial charge is 0.270 e. The molecule has 0 fully saturated rings. The molecule has 0 radical (unpaired) electrons. The van der Waals surface area contributed by atoms with Gasteiger partial charge in [0.25, 0.3) is 5.69 Å². The molecule has 2 aromatic carbocycles. The Morgan fingerprint density at radius 1 is 1.21 bits per heavy atom. The van der Waals surface area contributed by atoms with E-state index in [0.717, 1.165) is 11.1 Å². The van der Waals surface area contributed by atoms with Gasteiger partial charge >= 0.3 is 0 Å². The van der Waals surface area contributed by atoms with Crippen LogP contribution in [0, 0.1) is 21.4 Å². The highest BCUT2D eigenvalue weighted by molar-refractivity contribution is 6.07. The van der Waals surface area contributed by atoms with Gasteiger partial charge in [-0.2, -0.15) is 10.4 Å². The van der Waals surface area contributed by atoms with Gasteiger partial charge in [-0.3, -0.25) is 19.6 Å². The van der Waals surface area contributed by atoms with Gasteiger partial charge in [-0.25, -0.2) is 0 Å². The lowest BCUT2D eigenvalue weighted by molar-refractivity contribution is -0.384. The van der Waals surface area contributed by atoms with E-state index in [9.17, 15) is 14.9 Å². The van der Waals surface area contributed by atoms with Crippen LogP contribution in [0.1, 0.15) is 22.3 Å². The molecule has 0 unspecified atom stereocenters. The van der Waals surface area contributed by atoms with Crippen LogP contribution in [0.4, 0.5) is 5.69 Å². The molecule has 7 nitrogen and oxygen atoms in total. The standard InChI is InChI=1S/C21H16N4O3/c22-12-5-13-24-15-18(21(23-24)16-6-2-1-3-7-16)10-11-20(26)17-8-4-9-19(14-17)25(27)28/h1-4,6-11,14-15H,5,13H2/b11-10+. The zero-order chi connectivity index (χ0) is 19.9. The molecule has 0 aliphatic heterocycles. The van der Waals surface area contributed by atoms with Crippen LogP contribution in [0.5, 0.6) is 0 Å². The van der Waals surface area contributed by atoms with Crippen molar-refractivity contribution in [2.75, 3.05) is 0 Å². The van der Waals surface area contributed by atoms with Crippen molar-refractivity contribution in [2.24, 2.45) is 0 Å². The van der Waals surface area contributed by atoms with E-state index in [2.05, 4.69) is 11.2 Å². The van der Waals surface area contributed by atoms with Gasteiger partial charge in [0.15, 0.2) is 5.78 Å². The molecule has 1 heterocycles. The van der Waals surface area contributed by atoms with E-state index in [-0.39, 0.29) is 17.0 Å². The number of rotatable bonds is 7. The molecule has 0 atom stereocenters. The third kappa shape index (κ3) is 4.37. The number of nitrogens with zero attached hydrogens (tertiary/aromatic N) is 4. The molecule has 138 valence electrons. The average molecular weight is 372 g/mol. The fraction of sp³-hybridized carbons (Fsp3) is 0.0952. The maximum absolute atomic E-state index is 12.4. The van der Waals surface area contributed by atoms with Crippen molar-refractivity contribution in [1.29, 1.82) is 5.26 Å². The Bertz CT molecular complexity index is 1080. The first-order valence-corrected chi connectivity index (χ1v) is 8.55. The summed E-state index contributed by atoms with van der Waals surface area (Å²) < 4.78 is 1.67.